The summed E-state index contributed by atoms with van der Waals surface area (Å²) in [5.41, 5.74) is 9.43. The van der Waals surface area contributed by atoms with E-state index in [1.54, 1.807) is 6.20 Å². The van der Waals surface area contributed by atoms with E-state index in [1.165, 1.54) is 0 Å². The smallest absolute Gasteiger partial charge is 0.220 e. The molecule has 0 atom stereocenters. The molecule has 3 rings (SSSR count). The van der Waals surface area contributed by atoms with Gasteiger partial charge < -0.3 is 16.0 Å². The van der Waals surface area contributed by atoms with E-state index in [4.69, 9.17) is 5.73 Å². The molecule has 0 saturated heterocycles. The Balaban J connectivity index is 1.55. The van der Waals surface area contributed by atoms with Crippen LogP contribution in [0.2, 0.25) is 0 Å². The van der Waals surface area contributed by atoms with Gasteiger partial charge in [-0.05, 0) is 41.8 Å². The Hall–Kier alpha value is -2.82. The first-order chi connectivity index (χ1) is 10.7. The molecule has 0 unspecified atom stereocenters. The van der Waals surface area contributed by atoms with Crippen LogP contribution in [-0.2, 0) is 17.8 Å². The predicted octanol–water partition coefficient (Wildman–Crippen LogP) is 2.39. The number of amides is 1. The highest BCUT2D eigenvalue weighted by atomic mass is 16.1. The van der Waals surface area contributed by atoms with E-state index in [9.17, 15) is 4.79 Å². The molecule has 4 N–H and O–H groups in total. The Kier molecular flexibility index (Phi) is 4.05. The van der Waals surface area contributed by atoms with E-state index in [-0.39, 0.29) is 5.91 Å². The lowest BCUT2D eigenvalue weighted by Gasteiger charge is -2.07. The maximum Gasteiger partial charge on any atom is 0.220 e. The molecule has 2 aromatic heterocycles. The molecular formula is C17H18N4O. The molecule has 1 amide bonds. The van der Waals surface area contributed by atoms with Gasteiger partial charge in [0.2, 0.25) is 5.91 Å². The van der Waals surface area contributed by atoms with Crippen molar-refractivity contribution in [3.05, 3.63) is 59.9 Å². The van der Waals surface area contributed by atoms with Crippen molar-refractivity contribution < 1.29 is 4.79 Å². The topological polar surface area (TPSA) is 83.8 Å². The molecule has 5 nitrogen and oxygen atoms in total. The molecule has 0 saturated carbocycles. The summed E-state index contributed by atoms with van der Waals surface area (Å²) in [4.78, 5) is 19.3. The molecule has 0 aliphatic heterocycles. The van der Waals surface area contributed by atoms with Crippen molar-refractivity contribution in [2.75, 3.05) is 5.73 Å². The van der Waals surface area contributed by atoms with Gasteiger partial charge in [0, 0.05) is 36.4 Å². The quantitative estimate of drug-likeness (QED) is 0.632. The molecule has 0 fully saturated rings. The number of anilines is 1. The molecule has 0 aliphatic carbocycles. The number of benzene rings is 1. The van der Waals surface area contributed by atoms with Gasteiger partial charge >= 0.3 is 0 Å². The molecule has 1 aromatic carbocycles. The summed E-state index contributed by atoms with van der Waals surface area (Å²) in [5, 5.41) is 3.99. The maximum atomic E-state index is 12.0. The number of pyridine rings is 1. The lowest BCUT2D eigenvalue weighted by molar-refractivity contribution is -0.121. The number of H-pyrrole nitrogens is 1. The van der Waals surface area contributed by atoms with Gasteiger partial charge in [0.05, 0.1) is 0 Å². The van der Waals surface area contributed by atoms with E-state index < -0.39 is 0 Å². The van der Waals surface area contributed by atoms with Crippen LogP contribution in [0.5, 0.6) is 0 Å². The van der Waals surface area contributed by atoms with Gasteiger partial charge in [-0.2, -0.15) is 0 Å². The molecular weight excluding hydrogens is 276 g/mol. The Bertz CT molecular complexity index is 794. The summed E-state index contributed by atoms with van der Waals surface area (Å²) >= 11 is 0. The number of carbonyl (C=O) groups excluding carboxylic acids is 1. The van der Waals surface area contributed by atoms with Crippen LogP contribution in [-0.4, -0.2) is 15.9 Å². The van der Waals surface area contributed by atoms with Crippen LogP contribution in [0.1, 0.15) is 17.5 Å². The number of rotatable bonds is 5. The predicted molar refractivity (Wildman–Crippen MR) is 87.1 cm³/mol. The summed E-state index contributed by atoms with van der Waals surface area (Å²) in [6, 6.07) is 11.5. The van der Waals surface area contributed by atoms with Gasteiger partial charge in [0.1, 0.15) is 5.65 Å². The zero-order valence-electron chi connectivity index (χ0n) is 12.2. The van der Waals surface area contributed by atoms with Crippen LogP contribution in [0.4, 0.5) is 5.69 Å². The third kappa shape index (κ3) is 3.25. The first kappa shape index (κ1) is 14.1. The second kappa shape index (κ2) is 6.30. The Morgan fingerprint density at radius 2 is 2.18 bits per heavy atom. The van der Waals surface area contributed by atoms with Gasteiger partial charge in [0.15, 0.2) is 0 Å². The molecule has 3 aromatic rings. The molecule has 0 spiro atoms. The standard InChI is InChI=1S/C17H18N4O/c18-14-3-1-2-12(10-14)4-5-16(22)21-11-13-6-8-19-17-15(13)7-9-20-17/h1-3,6-10H,4-5,11,18H2,(H,19,20)(H,21,22). The van der Waals surface area contributed by atoms with Crippen LogP contribution < -0.4 is 11.1 Å². The second-order valence-electron chi connectivity index (χ2n) is 5.23. The zero-order chi connectivity index (χ0) is 15.4. The van der Waals surface area contributed by atoms with Gasteiger partial charge in [-0.25, -0.2) is 4.98 Å². The van der Waals surface area contributed by atoms with Crippen LogP contribution in [0.3, 0.4) is 0 Å². The maximum absolute atomic E-state index is 12.0. The number of nitrogens with one attached hydrogen (secondary N) is 2. The lowest BCUT2D eigenvalue weighted by Crippen LogP contribution is -2.23. The van der Waals surface area contributed by atoms with Crippen molar-refractivity contribution in [1.29, 1.82) is 0 Å². The number of aromatic nitrogens is 2. The van der Waals surface area contributed by atoms with Crippen LogP contribution in [0.15, 0.2) is 48.8 Å². The number of nitrogens with two attached hydrogens (primary N) is 1. The molecule has 22 heavy (non-hydrogen) atoms. The van der Waals surface area contributed by atoms with Crippen molar-refractivity contribution >= 4 is 22.6 Å². The minimum Gasteiger partial charge on any atom is -0.399 e. The highest BCUT2D eigenvalue weighted by molar-refractivity contribution is 5.80. The Morgan fingerprint density at radius 1 is 1.27 bits per heavy atom. The molecule has 0 radical (unpaired) electrons. The molecule has 112 valence electrons. The van der Waals surface area contributed by atoms with E-state index in [0.29, 0.717) is 19.4 Å². The summed E-state index contributed by atoms with van der Waals surface area (Å²) in [5.74, 6) is 0.0305. The SMILES string of the molecule is Nc1cccc(CCC(=O)NCc2ccnc3[nH]ccc23)c1. The zero-order valence-corrected chi connectivity index (χ0v) is 12.2. The fourth-order valence-corrected chi connectivity index (χ4v) is 2.46. The largest absolute Gasteiger partial charge is 0.399 e. The van der Waals surface area contributed by atoms with Crippen molar-refractivity contribution in [2.45, 2.75) is 19.4 Å². The highest BCUT2D eigenvalue weighted by Gasteiger charge is 2.06. The second-order valence-corrected chi connectivity index (χ2v) is 5.23. The number of hydrogen-bond acceptors (Lipinski definition) is 3. The van der Waals surface area contributed by atoms with E-state index >= 15 is 0 Å². The average molecular weight is 294 g/mol. The fraction of sp³-hybridized carbons (Fsp3) is 0.176. The molecule has 0 aliphatic rings. The summed E-state index contributed by atoms with van der Waals surface area (Å²) in [6.07, 6.45) is 4.73. The number of nitrogen functional groups attached to an aromatic ring is 1. The normalized spacial score (nSPS) is 10.7. The number of aryl methyl sites for hydroxylation is 1. The minimum atomic E-state index is 0.0305. The van der Waals surface area contributed by atoms with Gasteiger partial charge in [0.25, 0.3) is 0 Å². The summed E-state index contributed by atoms with van der Waals surface area (Å²) in [6.45, 7) is 0.507. The third-order valence-corrected chi connectivity index (χ3v) is 3.62. The monoisotopic (exact) mass is 294 g/mol. The fourth-order valence-electron chi connectivity index (χ4n) is 2.46. The molecule has 5 heteroatoms. The minimum absolute atomic E-state index is 0.0305. The highest BCUT2D eigenvalue weighted by Crippen LogP contribution is 2.15. The van der Waals surface area contributed by atoms with Gasteiger partial charge in [-0.1, -0.05) is 12.1 Å². The van der Waals surface area contributed by atoms with Crippen LogP contribution >= 0.6 is 0 Å². The lowest BCUT2D eigenvalue weighted by atomic mass is 10.1. The van der Waals surface area contributed by atoms with E-state index in [0.717, 1.165) is 27.8 Å². The first-order valence-corrected chi connectivity index (χ1v) is 7.24. The van der Waals surface area contributed by atoms with Crippen LogP contribution in [0.25, 0.3) is 11.0 Å². The van der Waals surface area contributed by atoms with Crippen molar-refractivity contribution in [2.24, 2.45) is 0 Å². The number of fused-ring (bicyclic) bond motifs is 1. The van der Waals surface area contributed by atoms with Crippen molar-refractivity contribution in [1.82, 2.24) is 15.3 Å². The third-order valence-electron chi connectivity index (χ3n) is 3.62. The van der Waals surface area contributed by atoms with Crippen molar-refractivity contribution in [3.63, 3.8) is 0 Å². The van der Waals surface area contributed by atoms with Crippen molar-refractivity contribution in [3.8, 4) is 0 Å². The van der Waals surface area contributed by atoms with E-state index in [1.807, 2.05) is 42.6 Å². The Labute approximate surface area is 128 Å². The molecule has 0 bridgehead atoms. The number of hydrogen-bond donors (Lipinski definition) is 3. The number of carbonyl (C=O) groups is 1. The van der Waals surface area contributed by atoms with Gasteiger partial charge in [-0.3, -0.25) is 4.79 Å². The molecule has 2 heterocycles. The number of aromatic amines is 1. The van der Waals surface area contributed by atoms with E-state index in [2.05, 4.69) is 15.3 Å². The average Bonchev–Trinajstić information content (AvgIpc) is 3.00. The Morgan fingerprint density at radius 3 is 3.05 bits per heavy atom. The summed E-state index contributed by atoms with van der Waals surface area (Å²) < 4.78 is 0. The van der Waals surface area contributed by atoms with Gasteiger partial charge in [-0.15, -0.1) is 0 Å². The van der Waals surface area contributed by atoms with Crippen LogP contribution in [0, 0.1) is 0 Å². The number of nitrogens with zero attached hydrogens (tertiary/aromatic N) is 1. The summed E-state index contributed by atoms with van der Waals surface area (Å²) in [7, 11) is 0. The first-order valence-electron chi connectivity index (χ1n) is 7.24.